The number of hydrazone groups is 1. The van der Waals surface area contributed by atoms with Crippen LogP contribution >= 0.6 is 0 Å². The summed E-state index contributed by atoms with van der Waals surface area (Å²) in [6.07, 6.45) is 3.93. The number of unbranched alkanes of at least 4 members (excludes halogenated alkanes) is 1. The number of rotatable bonds is 9. The topological polar surface area (TPSA) is 50.7 Å². The minimum atomic E-state index is -0.260. The number of nitrogens with one attached hydrogen (secondary N) is 1. The van der Waals surface area contributed by atoms with Gasteiger partial charge in [-0.25, -0.2) is 5.43 Å². The average molecular weight is 338 g/mol. The zero-order chi connectivity index (χ0) is 17.9. The quantitative estimate of drug-likeness (QED) is 0.546. The molecule has 1 amide bonds. The van der Waals surface area contributed by atoms with Gasteiger partial charge >= 0.3 is 0 Å². The van der Waals surface area contributed by atoms with Gasteiger partial charge in [0.25, 0.3) is 5.91 Å². The van der Waals surface area contributed by atoms with Gasteiger partial charge < -0.3 is 4.74 Å². The van der Waals surface area contributed by atoms with Crippen molar-refractivity contribution < 1.29 is 9.53 Å². The van der Waals surface area contributed by atoms with E-state index in [1.807, 2.05) is 54.6 Å². The van der Waals surface area contributed by atoms with Crippen molar-refractivity contribution in [2.24, 2.45) is 5.10 Å². The van der Waals surface area contributed by atoms with Crippen LogP contribution in [0, 0.1) is 0 Å². The molecule has 0 saturated carbocycles. The largest absolute Gasteiger partial charge is 0.484 e. The van der Waals surface area contributed by atoms with Crippen LogP contribution in [-0.4, -0.2) is 18.2 Å². The monoisotopic (exact) mass is 338 g/mol. The fourth-order valence-electron chi connectivity index (χ4n) is 2.37. The lowest BCUT2D eigenvalue weighted by molar-refractivity contribution is -0.123. The molecule has 0 saturated heterocycles. The second-order valence-electron chi connectivity index (χ2n) is 5.85. The lowest BCUT2D eigenvalue weighted by Crippen LogP contribution is -2.26. The first-order chi connectivity index (χ1) is 12.2. The summed E-state index contributed by atoms with van der Waals surface area (Å²) in [5.41, 5.74) is 5.77. The number of aryl methyl sites for hydroxylation is 1. The Kier molecular flexibility index (Phi) is 7.70. The summed E-state index contributed by atoms with van der Waals surface area (Å²) in [6, 6.07) is 17.7. The fourth-order valence-corrected chi connectivity index (χ4v) is 2.37. The first kappa shape index (κ1) is 18.7. The van der Waals surface area contributed by atoms with Gasteiger partial charge in [-0.1, -0.05) is 62.7 Å². The molecule has 0 heterocycles. The Bertz CT molecular complexity index is 679. The smallest absolute Gasteiger partial charge is 0.277 e. The van der Waals surface area contributed by atoms with Gasteiger partial charge in [0.15, 0.2) is 6.61 Å². The summed E-state index contributed by atoms with van der Waals surface area (Å²) in [4.78, 5) is 12.0. The van der Waals surface area contributed by atoms with Gasteiger partial charge in [-0.3, -0.25) is 4.79 Å². The SMILES string of the molecule is CCCCC(=NNC(=O)COc1ccc(CC)cc1)c1ccccc1. The number of benzene rings is 2. The molecule has 0 bridgehead atoms. The van der Waals surface area contributed by atoms with Crippen LogP contribution in [0.2, 0.25) is 0 Å². The Hall–Kier alpha value is -2.62. The van der Waals surface area contributed by atoms with E-state index in [0.29, 0.717) is 5.75 Å². The third kappa shape index (κ3) is 6.42. The third-order valence-electron chi connectivity index (χ3n) is 3.89. The number of carbonyl (C=O) groups excluding carboxylic acids is 1. The predicted molar refractivity (Wildman–Crippen MR) is 102 cm³/mol. The van der Waals surface area contributed by atoms with E-state index in [2.05, 4.69) is 24.4 Å². The van der Waals surface area contributed by atoms with Crippen LogP contribution in [0.25, 0.3) is 0 Å². The molecule has 0 spiro atoms. The van der Waals surface area contributed by atoms with Crippen LogP contribution in [0.4, 0.5) is 0 Å². The van der Waals surface area contributed by atoms with E-state index in [4.69, 9.17) is 4.74 Å². The molecule has 1 N–H and O–H groups in total. The molecule has 4 nitrogen and oxygen atoms in total. The average Bonchev–Trinajstić information content (AvgIpc) is 2.67. The molecule has 0 aliphatic rings. The van der Waals surface area contributed by atoms with Crippen LogP contribution in [-0.2, 0) is 11.2 Å². The minimum absolute atomic E-state index is 0.0508. The van der Waals surface area contributed by atoms with Gasteiger partial charge in [0.05, 0.1) is 5.71 Å². The second-order valence-corrected chi connectivity index (χ2v) is 5.85. The summed E-state index contributed by atoms with van der Waals surface area (Å²) in [5.74, 6) is 0.426. The van der Waals surface area contributed by atoms with Gasteiger partial charge in [0.1, 0.15) is 5.75 Å². The number of amides is 1. The Morgan fingerprint density at radius 1 is 1.04 bits per heavy atom. The first-order valence-corrected chi connectivity index (χ1v) is 8.85. The molecule has 0 atom stereocenters. The van der Waals surface area contributed by atoms with Crippen LogP contribution in [0.1, 0.15) is 44.2 Å². The highest BCUT2D eigenvalue weighted by atomic mass is 16.5. The zero-order valence-electron chi connectivity index (χ0n) is 15.0. The standard InChI is InChI=1S/C21H26N2O2/c1-3-5-11-20(18-9-7-6-8-10-18)22-23-21(24)16-25-19-14-12-17(4-2)13-15-19/h6-10,12-15H,3-5,11,16H2,1-2H3,(H,23,24). The van der Waals surface area contributed by atoms with Crippen LogP contribution in [0.5, 0.6) is 5.75 Å². The predicted octanol–water partition coefficient (Wildman–Crippen LogP) is 4.34. The molecule has 4 heteroatoms. The first-order valence-electron chi connectivity index (χ1n) is 8.85. The Labute approximate surface area is 149 Å². The number of hydrogen-bond acceptors (Lipinski definition) is 3. The van der Waals surface area contributed by atoms with E-state index in [9.17, 15) is 4.79 Å². The molecule has 0 fully saturated rings. The zero-order valence-corrected chi connectivity index (χ0v) is 15.0. The van der Waals surface area contributed by atoms with Gasteiger partial charge in [-0.2, -0.15) is 5.10 Å². The second kappa shape index (κ2) is 10.3. The maximum Gasteiger partial charge on any atom is 0.277 e. The van der Waals surface area contributed by atoms with Gasteiger partial charge in [-0.05, 0) is 42.5 Å². The maximum absolute atomic E-state index is 12.0. The van der Waals surface area contributed by atoms with Crippen molar-refractivity contribution in [1.82, 2.24) is 5.43 Å². The molecular formula is C21H26N2O2. The highest BCUT2D eigenvalue weighted by molar-refractivity contribution is 6.01. The molecule has 25 heavy (non-hydrogen) atoms. The Morgan fingerprint density at radius 3 is 2.40 bits per heavy atom. The number of hydrogen-bond donors (Lipinski definition) is 1. The van der Waals surface area contributed by atoms with Crippen molar-refractivity contribution in [3.05, 3.63) is 65.7 Å². The van der Waals surface area contributed by atoms with Crippen molar-refractivity contribution in [2.75, 3.05) is 6.61 Å². The van der Waals surface area contributed by atoms with Crippen LogP contribution < -0.4 is 10.2 Å². The van der Waals surface area contributed by atoms with Crippen LogP contribution in [0.3, 0.4) is 0 Å². The van der Waals surface area contributed by atoms with E-state index >= 15 is 0 Å². The Morgan fingerprint density at radius 2 is 1.76 bits per heavy atom. The fraction of sp³-hybridized carbons (Fsp3) is 0.333. The summed E-state index contributed by atoms with van der Waals surface area (Å²) in [7, 11) is 0. The number of nitrogens with zero attached hydrogens (tertiary/aromatic N) is 1. The van der Waals surface area contributed by atoms with Crippen molar-refractivity contribution in [1.29, 1.82) is 0 Å². The number of ether oxygens (including phenoxy) is 1. The van der Waals surface area contributed by atoms with E-state index in [1.54, 1.807) is 0 Å². The molecule has 2 aromatic carbocycles. The molecule has 132 valence electrons. The third-order valence-corrected chi connectivity index (χ3v) is 3.89. The summed E-state index contributed by atoms with van der Waals surface area (Å²) < 4.78 is 5.51. The molecule has 0 aliphatic carbocycles. The highest BCUT2D eigenvalue weighted by Gasteiger charge is 2.06. The lowest BCUT2D eigenvalue weighted by atomic mass is 10.1. The van der Waals surface area contributed by atoms with Crippen LogP contribution in [0.15, 0.2) is 59.7 Å². The van der Waals surface area contributed by atoms with Gasteiger partial charge in [0.2, 0.25) is 0 Å². The van der Waals surface area contributed by atoms with E-state index in [0.717, 1.165) is 37.0 Å². The molecule has 0 aromatic heterocycles. The van der Waals surface area contributed by atoms with Crippen molar-refractivity contribution in [3.8, 4) is 5.75 Å². The molecule has 0 unspecified atom stereocenters. The Balaban J connectivity index is 1.91. The summed E-state index contributed by atoms with van der Waals surface area (Å²) >= 11 is 0. The van der Waals surface area contributed by atoms with E-state index in [1.165, 1.54) is 5.56 Å². The van der Waals surface area contributed by atoms with Crippen molar-refractivity contribution >= 4 is 11.6 Å². The van der Waals surface area contributed by atoms with Crippen molar-refractivity contribution in [2.45, 2.75) is 39.5 Å². The van der Waals surface area contributed by atoms with Gasteiger partial charge in [-0.15, -0.1) is 0 Å². The highest BCUT2D eigenvalue weighted by Crippen LogP contribution is 2.12. The molecular weight excluding hydrogens is 312 g/mol. The lowest BCUT2D eigenvalue weighted by Gasteiger charge is -2.08. The van der Waals surface area contributed by atoms with Crippen molar-refractivity contribution in [3.63, 3.8) is 0 Å². The number of carbonyl (C=O) groups is 1. The van der Waals surface area contributed by atoms with E-state index < -0.39 is 0 Å². The minimum Gasteiger partial charge on any atom is -0.484 e. The molecule has 0 radical (unpaired) electrons. The normalized spacial score (nSPS) is 11.2. The molecule has 2 rings (SSSR count). The summed E-state index contributed by atoms with van der Waals surface area (Å²) in [5, 5.41) is 4.31. The summed E-state index contributed by atoms with van der Waals surface area (Å²) in [6.45, 7) is 4.19. The molecule has 0 aliphatic heterocycles. The van der Waals surface area contributed by atoms with Gasteiger partial charge in [0, 0.05) is 0 Å². The molecule has 2 aromatic rings. The maximum atomic E-state index is 12.0. The van der Waals surface area contributed by atoms with E-state index in [-0.39, 0.29) is 12.5 Å².